The van der Waals surface area contributed by atoms with Crippen LogP contribution in [0.2, 0.25) is 0 Å². The monoisotopic (exact) mass is 341 g/mol. The number of benzene rings is 2. The molecule has 0 saturated carbocycles. The first-order chi connectivity index (χ1) is 11.9. The van der Waals surface area contributed by atoms with Crippen LogP contribution < -0.4 is 21.1 Å². The molecule has 6 nitrogen and oxygen atoms in total. The maximum atomic E-state index is 12.4. The van der Waals surface area contributed by atoms with Gasteiger partial charge in [-0.05, 0) is 56.2 Å². The van der Waals surface area contributed by atoms with Crippen LogP contribution in [0.5, 0.6) is 5.75 Å². The number of para-hydroxylation sites is 1. The van der Waals surface area contributed by atoms with E-state index in [0.717, 1.165) is 22.5 Å². The number of aryl methyl sites for hydroxylation is 2. The molecule has 132 valence electrons. The predicted octanol–water partition coefficient (Wildman–Crippen LogP) is 2.61. The molecule has 0 aliphatic heterocycles. The number of hydrogen-bond acceptors (Lipinski definition) is 4. The second kappa shape index (κ2) is 8.19. The fourth-order valence-electron chi connectivity index (χ4n) is 2.36. The highest BCUT2D eigenvalue weighted by molar-refractivity contribution is 5.97. The summed E-state index contributed by atoms with van der Waals surface area (Å²) in [4.78, 5) is 23.1. The van der Waals surface area contributed by atoms with E-state index in [2.05, 4.69) is 10.6 Å². The molecule has 0 aromatic heterocycles. The molecule has 0 unspecified atom stereocenters. The zero-order chi connectivity index (χ0) is 18.4. The van der Waals surface area contributed by atoms with Crippen LogP contribution >= 0.6 is 0 Å². The quantitative estimate of drug-likeness (QED) is 0.721. The highest BCUT2D eigenvalue weighted by Crippen LogP contribution is 2.20. The van der Waals surface area contributed by atoms with Gasteiger partial charge in [-0.15, -0.1) is 0 Å². The van der Waals surface area contributed by atoms with Crippen LogP contribution in [0.4, 0.5) is 11.4 Å². The van der Waals surface area contributed by atoms with Gasteiger partial charge in [0.25, 0.3) is 5.91 Å². The zero-order valence-corrected chi connectivity index (χ0v) is 14.6. The van der Waals surface area contributed by atoms with Crippen molar-refractivity contribution in [1.29, 1.82) is 0 Å². The molecule has 0 bridgehead atoms. The standard InChI is InChI=1S/C19H23N3O3/c1-12-5-4-6-13(2)18(12)22-19(24)14(3)21-15-7-9-16(10-8-15)25-11-17(20)23/h4-10,14,21H,11H2,1-3H3,(H2,20,23)(H,22,24)/t14-/m0/s1. The summed E-state index contributed by atoms with van der Waals surface area (Å²) in [6, 6.07) is 12.4. The van der Waals surface area contributed by atoms with E-state index in [1.807, 2.05) is 32.0 Å². The third-order valence-electron chi connectivity index (χ3n) is 3.74. The summed E-state index contributed by atoms with van der Waals surface area (Å²) >= 11 is 0. The van der Waals surface area contributed by atoms with Gasteiger partial charge in [-0.1, -0.05) is 18.2 Å². The lowest BCUT2D eigenvalue weighted by molar-refractivity contribution is -0.120. The van der Waals surface area contributed by atoms with Gasteiger partial charge in [0.1, 0.15) is 11.8 Å². The van der Waals surface area contributed by atoms with Gasteiger partial charge in [-0.3, -0.25) is 9.59 Å². The number of anilines is 2. The summed E-state index contributed by atoms with van der Waals surface area (Å²) in [5, 5.41) is 6.10. The van der Waals surface area contributed by atoms with Gasteiger partial charge in [-0.2, -0.15) is 0 Å². The number of ether oxygens (including phenoxy) is 1. The third-order valence-corrected chi connectivity index (χ3v) is 3.74. The highest BCUT2D eigenvalue weighted by Gasteiger charge is 2.14. The number of amides is 2. The molecule has 0 spiro atoms. The van der Waals surface area contributed by atoms with E-state index in [9.17, 15) is 9.59 Å². The van der Waals surface area contributed by atoms with Gasteiger partial charge >= 0.3 is 0 Å². The van der Waals surface area contributed by atoms with Crippen LogP contribution in [0.1, 0.15) is 18.1 Å². The number of nitrogens with one attached hydrogen (secondary N) is 2. The predicted molar refractivity (Wildman–Crippen MR) is 98.8 cm³/mol. The maximum Gasteiger partial charge on any atom is 0.255 e. The topological polar surface area (TPSA) is 93.4 Å². The van der Waals surface area contributed by atoms with E-state index >= 15 is 0 Å². The number of hydrogen-bond donors (Lipinski definition) is 3. The lowest BCUT2D eigenvalue weighted by Gasteiger charge is -2.18. The first-order valence-corrected chi connectivity index (χ1v) is 8.01. The number of rotatable bonds is 7. The van der Waals surface area contributed by atoms with E-state index in [-0.39, 0.29) is 12.5 Å². The Labute approximate surface area is 147 Å². The first kappa shape index (κ1) is 18.3. The molecular weight excluding hydrogens is 318 g/mol. The molecule has 2 aromatic rings. The number of primary amides is 1. The molecule has 6 heteroatoms. The summed E-state index contributed by atoms with van der Waals surface area (Å²) in [7, 11) is 0. The molecule has 0 aliphatic rings. The summed E-state index contributed by atoms with van der Waals surface area (Å²) < 4.78 is 5.20. The second-order valence-corrected chi connectivity index (χ2v) is 5.90. The van der Waals surface area contributed by atoms with Crippen LogP contribution in [0, 0.1) is 13.8 Å². The van der Waals surface area contributed by atoms with Gasteiger partial charge in [0.05, 0.1) is 0 Å². The minimum atomic E-state index is -0.529. The second-order valence-electron chi connectivity index (χ2n) is 5.90. The molecule has 0 fully saturated rings. The Kier molecular flexibility index (Phi) is 6.00. The summed E-state index contributed by atoms with van der Waals surface area (Å²) in [5.74, 6) is -0.109. The molecule has 2 amide bonds. The molecule has 25 heavy (non-hydrogen) atoms. The van der Waals surface area contributed by atoms with Crippen molar-refractivity contribution in [2.45, 2.75) is 26.8 Å². The number of carbonyl (C=O) groups is 2. The highest BCUT2D eigenvalue weighted by atomic mass is 16.5. The Hall–Kier alpha value is -3.02. The van der Waals surface area contributed by atoms with Crippen LogP contribution in [0.3, 0.4) is 0 Å². The Morgan fingerprint density at radius 1 is 1.08 bits per heavy atom. The van der Waals surface area contributed by atoms with Gasteiger partial charge in [0.15, 0.2) is 6.61 Å². The third kappa shape index (κ3) is 5.24. The largest absolute Gasteiger partial charge is 0.484 e. The molecule has 2 rings (SSSR count). The van der Waals surface area contributed by atoms with Crippen molar-refractivity contribution in [3.63, 3.8) is 0 Å². The summed E-state index contributed by atoms with van der Waals surface area (Å²) in [5.41, 5.74) is 8.70. The average molecular weight is 341 g/mol. The van der Waals surface area contributed by atoms with Gasteiger partial charge in [0.2, 0.25) is 5.91 Å². The summed E-state index contributed by atoms with van der Waals surface area (Å²) in [6.07, 6.45) is 0. The lowest BCUT2D eigenvalue weighted by atomic mass is 10.1. The van der Waals surface area contributed by atoms with Crippen molar-refractivity contribution >= 4 is 23.2 Å². The summed E-state index contributed by atoms with van der Waals surface area (Å²) in [6.45, 7) is 5.55. The van der Waals surface area contributed by atoms with Gasteiger partial charge in [-0.25, -0.2) is 0 Å². The van der Waals surface area contributed by atoms with E-state index < -0.39 is 11.9 Å². The van der Waals surface area contributed by atoms with E-state index in [4.69, 9.17) is 10.5 Å². The van der Waals surface area contributed by atoms with Crippen molar-refractivity contribution in [3.8, 4) is 5.75 Å². The number of nitrogens with two attached hydrogens (primary N) is 1. The minimum Gasteiger partial charge on any atom is -0.484 e. The smallest absolute Gasteiger partial charge is 0.255 e. The molecule has 2 aromatic carbocycles. The van der Waals surface area contributed by atoms with E-state index in [1.54, 1.807) is 31.2 Å². The fourth-order valence-corrected chi connectivity index (χ4v) is 2.36. The van der Waals surface area contributed by atoms with Crippen molar-refractivity contribution < 1.29 is 14.3 Å². The van der Waals surface area contributed by atoms with Gasteiger partial charge < -0.3 is 21.1 Å². The molecule has 0 saturated heterocycles. The van der Waals surface area contributed by atoms with Crippen molar-refractivity contribution in [1.82, 2.24) is 0 Å². The normalized spacial score (nSPS) is 11.5. The Balaban J connectivity index is 1.95. The minimum absolute atomic E-state index is 0.119. The number of carbonyl (C=O) groups excluding carboxylic acids is 2. The SMILES string of the molecule is Cc1cccc(C)c1NC(=O)[C@H](C)Nc1ccc(OCC(N)=O)cc1. The molecular formula is C19H23N3O3. The van der Waals surface area contributed by atoms with Crippen LogP contribution in [-0.2, 0) is 9.59 Å². The van der Waals surface area contributed by atoms with Crippen LogP contribution in [0.25, 0.3) is 0 Å². The molecule has 0 radical (unpaired) electrons. The Morgan fingerprint density at radius 2 is 1.68 bits per heavy atom. The van der Waals surface area contributed by atoms with Crippen molar-refractivity contribution in [3.05, 3.63) is 53.6 Å². The van der Waals surface area contributed by atoms with Crippen LogP contribution in [0.15, 0.2) is 42.5 Å². The van der Waals surface area contributed by atoms with E-state index in [0.29, 0.717) is 5.75 Å². The first-order valence-electron chi connectivity index (χ1n) is 8.01. The van der Waals surface area contributed by atoms with Crippen LogP contribution in [-0.4, -0.2) is 24.5 Å². The van der Waals surface area contributed by atoms with Crippen molar-refractivity contribution in [2.24, 2.45) is 5.73 Å². The Morgan fingerprint density at radius 3 is 2.24 bits per heavy atom. The molecule has 0 heterocycles. The fraction of sp³-hybridized carbons (Fsp3) is 0.263. The molecule has 1 atom stereocenters. The van der Waals surface area contributed by atoms with Crippen molar-refractivity contribution in [2.75, 3.05) is 17.2 Å². The van der Waals surface area contributed by atoms with E-state index in [1.165, 1.54) is 0 Å². The van der Waals surface area contributed by atoms with Gasteiger partial charge in [0, 0.05) is 11.4 Å². The zero-order valence-electron chi connectivity index (χ0n) is 14.6. The maximum absolute atomic E-state index is 12.4. The molecule has 0 aliphatic carbocycles. The Bertz CT molecular complexity index is 737. The lowest BCUT2D eigenvalue weighted by Crippen LogP contribution is -2.32. The molecule has 4 N–H and O–H groups in total. The average Bonchev–Trinajstić information content (AvgIpc) is 2.57.